The maximum absolute atomic E-state index is 12.9. The lowest BCUT2D eigenvalue weighted by molar-refractivity contribution is -0.137. The van der Waals surface area contributed by atoms with E-state index in [1.807, 2.05) is 0 Å². The number of carbonyl (C=O) groups is 1. The van der Waals surface area contributed by atoms with Gasteiger partial charge in [-0.05, 0) is 48.0 Å². The molecule has 0 aliphatic carbocycles. The van der Waals surface area contributed by atoms with Gasteiger partial charge < -0.3 is 5.32 Å². The molecule has 0 unspecified atom stereocenters. The summed E-state index contributed by atoms with van der Waals surface area (Å²) >= 11 is 18.4. The van der Waals surface area contributed by atoms with Crippen molar-refractivity contribution < 1.29 is 18.0 Å². The molecule has 0 bridgehead atoms. The minimum atomic E-state index is -4.46. The Balaban J connectivity index is 1.57. The highest BCUT2D eigenvalue weighted by Crippen LogP contribution is 2.35. The molecule has 0 aliphatic rings. The SMILES string of the molecule is O=C(Cn1nc(-c2ccc(Cl)cc2)c(-c2ccc(Cl)cc2Cl)n1)NCc1cccc(C(F)(F)F)c1. The molecule has 0 saturated carbocycles. The van der Waals surface area contributed by atoms with E-state index in [4.69, 9.17) is 34.8 Å². The van der Waals surface area contributed by atoms with Crippen LogP contribution >= 0.6 is 34.8 Å². The van der Waals surface area contributed by atoms with Crippen molar-refractivity contribution >= 4 is 40.7 Å². The number of hydrogen-bond acceptors (Lipinski definition) is 3. The first kappa shape index (κ1) is 25.0. The van der Waals surface area contributed by atoms with E-state index in [0.29, 0.717) is 43.1 Å². The molecular weight excluding hydrogens is 524 g/mol. The Labute approximate surface area is 213 Å². The van der Waals surface area contributed by atoms with E-state index in [1.54, 1.807) is 42.5 Å². The van der Waals surface area contributed by atoms with Crippen LogP contribution in [0.15, 0.2) is 66.7 Å². The third-order valence-electron chi connectivity index (χ3n) is 4.99. The Hall–Kier alpha value is -3.07. The van der Waals surface area contributed by atoms with Crippen molar-refractivity contribution in [1.29, 1.82) is 0 Å². The Morgan fingerprint density at radius 2 is 1.57 bits per heavy atom. The average molecular weight is 540 g/mol. The summed E-state index contributed by atoms with van der Waals surface area (Å²) in [6, 6.07) is 16.6. The maximum Gasteiger partial charge on any atom is 0.416 e. The van der Waals surface area contributed by atoms with E-state index in [0.717, 1.165) is 12.1 Å². The fraction of sp³-hybridized carbons (Fsp3) is 0.125. The first-order chi connectivity index (χ1) is 16.6. The van der Waals surface area contributed by atoms with Crippen molar-refractivity contribution in [3.8, 4) is 22.5 Å². The van der Waals surface area contributed by atoms with Crippen LogP contribution in [0.5, 0.6) is 0 Å². The Morgan fingerprint density at radius 1 is 0.886 bits per heavy atom. The van der Waals surface area contributed by atoms with Gasteiger partial charge in [0.1, 0.15) is 17.9 Å². The van der Waals surface area contributed by atoms with Gasteiger partial charge in [0.25, 0.3) is 0 Å². The molecular formula is C24H16Cl3F3N4O. The minimum Gasteiger partial charge on any atom is -0.350 e. The number of amides is 1. The standard InChI is InChI=1S/C24H16Cl3F3N4O/c25-17-6-4-15(5-7-17)22-23(19-9-8-18(26)11-20(19)27)33-34(32-22)13-21(35)31-12-14-2-1-3-16(10-14)24(28,29)30/h1-11H,12-13H2,(H,31,35). The monoisotopic (exact) mass is 538 g/mol. The van der Waals surface area contributed by atoms with Crippen molar-refractivity contribution in [3.05, 3.63) is 92.9 Å². The van der Waals surface area contributed by atoms with Crippen molar-refractivity contribution in [2.75, 3.05) is 0 Å². The third-order valence-corrected chi connectivity index (χ3v) is 5.79. The van der Waals surface area contributed by atoms with Gasteiger partial charge in [0.15, 0.2) is 0 Å². The second-order valence-corrected chi connectivity index (χ2v) is 8.81. The normalized spacial score (nSPS) is 11.5. The van der Waals surface area contributed by atoms with E-state index in [1.165, 1.54) is 16.9 Å². The van der Waals surface area contributed by atoms with Gasteiger partial charge in [0, 0.05) is 27.7 Å². The molecule has 0 radical (unpaired) electrons. The molecule has 0 saturated heterocycles. The third kappa shape index (κ3) is 6.14. The zero-order chi connectivity index (χ0) is 25.2. The quantitative estimate of drug-likeness (QED) is 0.290. The van der Waals surface area contributed by atoms with Gasteiger partial charge >= 0.3 is 6.18 Å². The van der Waals surface area contributed by atoms with Crippen molar-refractivity contribution in [1.82, 2.24) is 20.3 Å². The number of hydrogen-bond donors (Lipinski definition) is 1. The van der Waals surface area contributed by atoms with Gasteiger partial charge in [-0.25, -0.2) is 0 Å². The van der Waals surface area contributed by atoms with Crippen LogP contribution in [0, 0.1) is 0 Å². The molecule has 0 atom stereocenters. The van der Waals surface area contributed by atoms with Crippen LogP contribution in [0.1, 0.15) is 11.1 Å². The lowest BCUT2D eigenvalue weighted by atomic mass is 10.1. The van der Waals surface area contributed by atoms with Crippen LogP contribution in [-0.4, -0.2) is 20.9 Å². The largest absolute Gasteiger partial charge is 0.416 e. The average Bonchev–Trinajstić information content (AvgIpc) is 3.21. The topological polar surface area (TPSA) is 59.8 Å². The summed E-state index contributed by atoms with van der Waals surface area (Å²) in [4.78, 5) is 13.7. The first-order valence-corrected chi connectivity index (χ1v) is 11.3. The number of rotatable bonds is 6. The van der Waals surface area contributed by atoms with Gasteiger partial charge in [-0.3, -0.25) is 4.79 Å². The highest BCUT2D eigenvalue weighted by atomic mass is 35.5. The van der Waals surface area contributed by atoms with Crippen LogP contribution in [0.2, 0.25) is 15.1 Å². The zero-order valence-electron chi connectivity index (χ0n) is 17.8. The van der Waals surface area contributed by atoms with Gasteiger partial charge in [-0.1, -0.05) is 59.1 Å². The van der Waals surface area contributed by atoms with Gasteiger partial charge in [0.2, 0.25) is 5.91 Å². The molecule has 3 aromatic carbocycles. The minimum absolute atomic E-state index is 0.0794. The number of benzene rings is 3. The number of halogens is 6. The van der Waals surface area contributed by atoms with E-state index >= 15 is 0 Å². The summed E-state index contributed by atoms with van der Waals surface area (Å²) in [6.45, 7) is -0.339. The Kier molecular flexibility index (Phi) is 7.35. The first-order valence-electron chi connectivity index (χ1n) is 10.2. The zero-order valence-corrected chi connectivity index (χ0v) is 20.1. The van der Waals surface area contributed by atoms with Crippen LogP contribution < -0.4 is 5.32 Å². The summed E-state index contributed by atoms with van der Waals surface area (Å²) in [7, 11) is 0. The summed E-state index contributed by atoms with van der Waals surface area (Å²) < 4.78 is 38.7. The Morgan fingerprint density at radius 3 is 2.26 bits per heavy atom. The molecule has 1 heterocycles. The second-order valence-electron chi connectivity index (χ2n) is 7.53. The number of nitrogens with one attached hydrogen (secondary N) is 1. The van der Waals surface area contributed by atoms with E-state index < -0.39 is 17.6 Å². The number of alkyl halides is 3. The molecule has 0 spiro atoms. The predicted octanol–water partition coefficient (Wildman–Crippen LogP) is 6.91. The summed E-state index contributed by atoms with van der Waals surface area (Å²) in [5, 5.41) is 12.8. The summed E-state index contributed by atoms with van der Waals surface area (Å²) in [5.41, 5.74) is 1.70. The summed E-state index contributed by atoms with van der Waals surface area (Å²) in [5.74, 6) is -0.478. The van der Waals surface area contributed by atoms with E-state index in [-0.39, 0.29) is 13.1 Å². The van der Waals surface area contributed by atoms with Crippen LogP contribution in [-0.2, 0) is 24.1 Å². The van der Waals surface area contributed by atoms with Crippen molar-refractivity contribution in [3.63, 3.8) is 0 Å². The van der Waals surface area contributed by atoms with Gasteiger partial charge in [-0.15, -0.1) is 0 Å². The molecule has 0 aliphatic heterocycles. The maximum atomic E-state index is 12.9. The highest BCUT2D eigenvalue weighted by Gasteiger charge is 2.30. The fourth-order valence-electron chi connectivity index (χ4n) is 3.33. The van der Waals surface area contributed by atoms with Crippen molar-refractivity contribution in [2.45, 2.75) is 19.3 Å². The Bertz CT molecular complexity index is 1370. The summed E-state index contributed by atoms with van der Waals surface area (Å²) in [6.07, 6.45) is -4.46. The number of nitrogens with zero attached hydrogens (tertiary/aromatic N) is 3. The fourth-order valence-corrected chi connectivity index (χ4v) is 3.95. The molecule has 35 heavy (non-hydrogen) atoms. The molecule has 1 aromatic heterocycles. The molecule has 1 N–H and O–H groups in total. The molecule has 1 amide bonds. The predicted molar refractivity (Wildman–Crippen MR) is 129 cm³/mol. The van der Waals surface area contributed by atoms with Crippen LogP contribution in [0.25, 0.3) is 22.5 Å². The smallest absolute Gasteiger partial charge is 0.350 e. The molecule has 11 heteroatoms. The van der Waals surface area contributed by atoms with Crippen LogP contribution in [0.3, 0.4) is 0 Å². The molecule has 0 fully saturated rings. The van der Waals surface area contributed by atoms with Gasteiger partial charge in [-0.2, -0.15) is 28.2 Å². The number of carbonyl (C=O) groups excluding carboxylic acids is 1. The lowest BCUT2D eigenvalue weighted by Crippen LogP contribution is -2.28. The van der Waals surface area contributed by atoms with Crippen molar-refractivity contribution in [2.24, 2.45) is 0 Å². The molecule has 180 valence electrons. The van der Waals surface area contributed by atoms with E-state index in [9.17, 15) is 18.0 Å². The van der Waals surface area contributed by atoms with Gasteiger partial charge in [0.05, 0.1) is 10.6 Å². The second kappa shape index (κ2) is 10.3. The number of aromatic nitrogens is 3. The molecule has 4 aromatic rings. The molecule has 4 rings (SSSR count). The molecule has 5 nitrogen and oxygen atoms in total. The van der Waals surface area contributed by atoms with Crippen LogP contribution in [0.4, 0.5) is 13.2 Å². The lowest BCUT2D eigenvalue weighted by Gasteiger charge is -2.09. The van der Waals surface area contributed by atoms with E-state index in [2.05, 4.69) is 15.5 Å². The highest BCUT2D eigenvalue weighted by molar-refractivity contribution is 6.36.